The van der Waals surface area contributed by atoms with Gasteiger partial charge in [0.25, 0.3) is 0 Å². The van der Waals surface area contributed by atoms with Crippen molar-refractivity contribution in [2.45, 2.75) is 25.9 Å². The van der Waals surface area contributed by atoms with E-state index in [1.807, 2.05) is 30.3 Å². The maximum Gasteiger partial charge on any atom is 0.309 e. The minimum absolute atomic E-state index is 0.390. The fourth-order valence-corrected chi connectivity index (χ4v) is 1.78. The molecule has 0 saturated heterocycles. The number of hydrogen-bond acceptors (Lipinski definition) is 2. The van der Waals surface area contributed by atoms with Gasteiger partial charge in [0.15, 0.2) is 0 Å². The molecular weight excluding hydrogens is 216 g/mol. The molecule has 0 amide bonds. The van der Waals surface area contributed by atoms with Crippen LogP contribution in [-0.4, -0.2) is 21.8 Å². The van der Waals surface area contributed by atoms with E-state index in [1.165, 1.54) is 6.92 Å². The van der Waals surface area contributed by atoms with E-state index in [1.54, 1.807) is 19.1 Å². The highest BCUT2D eigenvalue weighted by molar-refractivity contribution is 5.72. The van der Waals surface area contributed by atoms with Crippen LogP contribution in [0.1, 0.15) is 25.8 Å². The third kappa shape index (κ3) is 3.71. The van der Waals surface area contributed by atoms with E-state index in [0.29, 0.717) is 6.42 Å². The summed E-state index contributed by atoms with van der Waals surface area (Å²) in [7, 11) is 0. The van der Waals surface area contributed by atoms with Gasteiger partial charge in [-0.3, -0.25) is 4.79 Å². The molecule has 0 aliphatic rings. The standard InChI is InChI=1S/C14H18O3/c1-3-12(13(15)16)14(2,17)10-9-11-7-5-4-6-8-11/h4-10,12,17H,3H2,1-2H3,(H,15,16). The number of carboxylic acid groups (broad SMARTS) is 1. The lowest BCUT2D eigenvalue weighted by atomic mass is 9.86. The first-order valence-corrected chi connectivity index (χ1v) is 5.67. The van der Waals surface area contributed by atoms with Gasteiger partial charge < -0.3 is 10.2 Å². The van der Waals surface area contributed by atoms with Gasteiger partial charge in [0.1, 0.15) is 0 Å². The smallest absolute Gasteiger partial charge is 0.309 e. The SMILES string of the molecule is CCC(C(=O)O)C(C)(O)C=Cc1ccccc1. The van der Waals surface area contributed by atoms with Crippen LogP contribution < -0.4 is 0 Å². The minimum Gasteiger partial charge on any atom is -0.481 e. The van der Waals surface area contributed by atoms with Gasteiger partial charge >= 0.3 is 5.97 Å². The van der Waals surface area contributed by atoms with Gasteiger partial charge in [-0.25, -0.2) is 0 Å². The molecule has 0 spiro atoms. The molecule has 1 aromatic rings. The Labute approximate surface area is 101 Å². The van der Waals surface area contributed by atoms with Gasteiger partial charge in [-0.2, -0.15) is 0 Å². The van der Waals surface area contributed by atoms with Gasteiger partial charge in [0.05, 0.1) is 11.5 Å². The van der Waals surface area contributed by atoms with Crippen molar-refractivity contribution in [2.75, 3.05) is 0 Å². The lowest BCUT2D eigenvalue weighted by molar-refractivity contribution is -0.148. The van der Waals surface area contributed by atoms with E-state index in [9.17, 15) is 9.90 Å². The maximum absolute atomic E-state index is 11.0. The maximum atomic E-state index is 11.0. The summed E-state index contributed by atoms with van der Waals surface area (Å²) in [4.78, 5) is 11.0. The zero-order chi connectivity index (χ0) is 12.9. The predicted octanol–water partition coefficient (Wildman–Crippen LogP) is 2.56. The van der Waals surface area contributed by atoms with Crippen molar-refractivity contribution in [3.05, 3.63) is 42.0 Å². The summed E-state index contributed by atoms with van der Waals surface area (Å²) < 4.78 is 0. The highest BCUT2D eigenvalue weighted by Crippen LogP contribution is 2.23. The second-order valence-electron chi connectivity index (χ2n) is 4.27. The monoisotopic (exact) mass is 234 g/mol. The Bertz CT molecular complexity index is 393. The number of aliphatic carboxylic acids is 1. The van der Waals surface area contributed by atoms with Crippen LogP contribution in [0.2, 0.25) is 0 Å². The Morgan fingerprint density at radius 1 is 1.41 bits per heavy atom. The van der Waals surface area contributed by atoms with Crippen molar-refractivity contribution < 1.29 is 15.0 Å². The van der Waals surface area contributed by atoms with Crippen LogP contribution in [0, 0.1) is 5.92 Å². The molecule has 3 heteroatoms. The minimum atomic E-state index is -1.34. The van der Waals surface area contributed by atoms with E-state index < -0.39 is 17.5 Å². The average Bonchev–Trinajstić information content (AvgIpc) is 2.28. The molecule has 0 heterocycles. The summed E-state index contributed by atoms with van der Waals surface area (Å²) in [5.74, 6) is -1.77. The van der Waals surface area contributed by atoms with Crippen LogP contribution in [0.3, 0.4) is 0 Å². The molecule has 2 unspecified atom stereocenters. The molecule has 0 saturated carbocycles. The molecule has 0 radical (unpaired) electrons. The van der Waals surface area contributed by atoms with Crippen LogP contribution in [0.25, 0.3) is 6.08 Å². The van der Waals surface area contributed by atoms with E-state index >= 15 is 0 Å². The Balaban J connectivity index is 2.85. The number of carbonyl (C=O) groups is 1. The molecule has 0 aliphatic heterocycles. The lowest BCUT2D eigenvalue weighted by Gasteiger charge is -2.25. The van der Waals surface area contributed by atoms with E-state index in [-0.39, 0.29) is 0 Å². The Kier molecular flexibility index (Phi) is 4.46. The summed E-state index contributed by atoms with van der Waals surface area (Å²) in [5, 5.41) is 19.2. The highest BCUT2D eigenvalue weighted by atomic mass is 16.4. The highest BCUT2D eigenvalue weighted by Gasteiger charge is 2.33. The predicted molar refractivity (Wildman–Crippen MR) is 67.5 cm³/mol. The second-order valence-corrected chi connectivity index (χ2v) is 4.27. The fraction of sp³-hybridized carbons (Fsp3) is 0.357. The summed E-state index contributed by atoms with van der Waals surface area (Å²) in [6.07, 6.45) is 3.68. The van der Waals surface area contributed by atoms with Crippen LogP contribution in [-0.2, 0) is 4.79 Å². The Morgan fingerprint density at radius 3 is 2.47 bits per heavy atom. The molecule has 3 nitrogen and oxygen atoms in total. The van der Waals surface area contributed by atoms with Crippen molar-refractivity contribution in [3.8, 4) is 0 Å². The topological polar surface area (TPSA) is 57.5 Å². The summed E-state index contributed by atoms with van der Waals surface area (Å²) in [5.41, 5.74) is -0.399. The second kappa shape index (κ2) is 5.64. The van der Waals surface area contributed by atoms with Crippen LogP contribution in [0.15, 0.2) is 36.4 Å². The van der Waals surface area contributed by atoms with Gasteiger partial charge in [-0.1, -0.05) is 49.4 Å². The van der Waals surface area contributed by atoms with Crippen LogP contribution >= 0.6 is 0 Å². The molecule has 1 aromatic carbocycles. The number of hydrogen-bond donors (Lipinski definition) is 2. The quantitative estimate of drug-likeness (QED) is 0.823. The van der Waals surface area contributed by atoms with Gasteiger partial charge in [-0.15, -0.1) is 0 Å². The average molecular weight is 234 g/mol. The lowest BCUT2D eigenvalue weighted by Crippen LogP contribution is -2.37. The van der Waals surface area contributed by atoms with E-state index in [2.05, 4.69) is 0 Å². The molecule has 1 rings (SSSR count). The van der Waals surface area contributed by atoms with Gasteiger partial charge in [0.2, 0.25) is 0 Å². The molecule has 2 atom stereocenters. The normalized spacial score (nSPS) is 16.6. The molecule has 17 heavy (non-hydrogen) atoms. The number of carboxylic acids is 1. The molecule has 0 bridgehead atoms. The van der Waals surface area contributed by atoms with E-state index in [0.717, 1.165) is 5.56 Å². The van der Waals surface area contributed by atoms with Gasteiger partial charge in [0, 0.05) is 0 Å². The van der Waals surface area contributed by atoms with Crippen molar-refractivity contribution in [1.29, 1.82) is 0 Å². The molecule has 92 valence electrons. The Hall–Kier alpha value is -1.61. The third-order valence-corrected chi connectivity index (χ3v) is 2.82. The first-order chi connectivity index (χ1) is 7.97. The Morgan fingerprint density at radius 2 is 2.00 bits per heavy atom. The summed E-state index contributed by atoms with van der Waals surface area (Å²) in [6, 6.07) is 9.48. The van der Waals surface area contributed by atoms with Crippen LogP contribution in [0.4, 0.5) is 0 Å². The molecule has 0 aromatic heterocycles. The zero-order valence-corrected chi connectivity index (χ0v) is 10.1. The van der Waals surface area contributed by atoms with Gasteiger partial charge in [-0.05, 0) is 18.9 Å². The first-order valence-electron chi connectivity index (χ1n) is 5.67. The zero-order valence-electron chi connectivity index (χ0n) is 10.1. The van der Waals surface area contributed by atoms with Crippen molar-refractivity contribution in [2.24, 2.45) is 5.92 Å². The fourth-order valence-electron chi connectivity index (χ4n) is 1.78. The summed E-state index contributed by atoms with van der Waals surface area (Å²) >= 11 is 0. The largest absolute Gasteiger partial charge is 0.481 e. The van der Waals surface area contributed by atoms with Crippen LogP contribution in [0.5, 0.6) is 0 Å². The number of aliphatic hydroxyl groups is 1. The van der Waals surface area contributed by atoms with E-state index in [4.69, 9.17) is 5.11 Å². The molecule has 0 aliphatic carbocycles. The van der Waals surface area contributed by atoms with Crippen molar-refractivity contribution in [1.82, 2.24) is 0 Å². The number of rotatable bonds is 5. The third-order valence-electron chi connectivity index (χ3n) is 2.82. The van der Waals surface area contributed by atoms with Crippen molar-refractivity contribution >= 4 is 12.0 Å². The summed E-state index contributed by atoms with van der Waals surface area (Å²) in [6.45, 7) is 3.28. The molecule has 2 N–H and O–H groups in total. The molecular formula is C14H18O3. The number of benzene rings is 1. The first kappa shape index (κ1) is 13.5. The van der Waals surface area contributed by atoms with Crippen molar-refractivity contribution in [3.63, 3.8) is 0 Å². The molecule has 0 fully saturated rings.